The zero-order valence-electron chi connectivity index (χ0n) is 16.3. The average Bonchev–Trinajstić information content (AvgIpc) is 2.54. The van der Waals surface area contributed by atoms with E-state index in [0.717, 1.165) is 32.1 Å². The molecule has 2 unspecified atom stereocenters. The van der Waals surface area contributed by atoms with Crippen LogP contribution in [0.25, 0.3) is 0 Å². The van der Waals surface area contributed by atoms with Crippen LogP contribution in [0.3, 0.4) is 0 Å². The molecule has 0 amide bonds. The van der Waals surface area contributed by atoms with E-state index in [9.17, 15) is 0 Å². The summed E-state index contributed by atoms with van der Waals surface area (Å²) in [6.45, 7) is 11.5. The molecule has 5 heteroatoms. The highest BCUT2D eigenvalue weighted by Gasteiger charge is 2.35. The van der Waals surface area contributed by atoms with Gasteiger partial charge in [0.1, 0.15) is 0 Å². The molecule has 2 atom stereocenters. The van der Waals surface area contributed by atoms with E-state index >= 15 is 0 Å². The van der Waals surface area contributed by atoms with Crippen LogP contribution in [0.1, 0.15) is 44.7 Å². The Balaban J connectivity index is 0.00000312. The Labute approximate surface area is 170 Å². The van der Waals surface area contributed by atoms with Crippen molar-refractivity contribution in [3.8, 4) is 0 Å². The van der Waals surface area contributed by atoms with E-state index in [0.29, 0.717) is 12.0 Å². The summed E-state index contributed by atoms with van der Waals surface area (Å²) in [5.74, 6) is 1.38. The normalized spacial score (nSPS) is 21.4. The van der Waals surface area contributed by atoms with Crippen LogP contribution in [-0.2, 0) is 11.3 Å². The molecule has 2 rings (SSSR count). The molecule has 0 aliphatic carbocycles. The minimum atomic E-state index is 0. The van der Waals surface area contributed by atoms with Crippen molar-refractivity contribution in [2.45, 2.75) is 53.2 Å². The summed E-state index contributed by atoms with van der Waals surface area (Å²) in [5, 5.41) is 6.89. The van der Waals surface area contributed by atoms with Gasteiger partial charge in [0.15, 0.2) is 5.96 Å². The lowest BCUT2D eigenvalue weighted by Gasteiger charge is -2.40. The van der Waals surface area contributed by atoms with Crippen LogP contribution in [0, 0.1) is 18.3 Å². The van der Waals surface area contributed by atoms with Crippen LogP contribution < -0.4 is 10.6 Å². The molecule has 0 bridgehead atoms. The van der Waals surface area contributed by atoms with E-state index in [2.05, 4.69) is 67.6 Å². The van der Waals surface area contributed by atoms with Gasteiger partial charge in [0.25, 0.3) is 0 Å². The van der Waals surface area contributed by atoms with E-state index in [4.69, 9.17) is 4.74 Å². The largest absolute Gasteiger partial charge is 0.377 e. The number of guanidine groups is 1. The van der Waals surface area contributed by atoms with Crippen molar-refractivity contribution < 1.29 is 4.74 Å². The van der Waals surface area contributed by atoms with Crippen molar-refractivity contribution in [2.75, 3.05) is 20.2 Å². The monoisotopic (exact) mass is 459 g/mol. The number of aryl methyl sites for hydroxylation is 1. The van der Waals surface area contributed by atoms with Crippen molar-refractivity contribution in [1.29, 1.82) is 0 Å². The zero-order chi connectivity index (χ0) is 17.6. The quantitative estimate of drug-likeness (QED) is 0.405. The molecule has 0 radical (unpaired) electrons. The molecule has 1 saturated heterocycles. The fourth-order valence-electron chi connectivity index (χ4n) is 3.47. The molecule has 1 fully saturated rings. The van der Waals surface area contributed by atoms with E-state index < -0.39 is 0 Å². The summed E-state index contributed by atoms with van der Waals surface area (Å²) in [7, 11) is 1.82. The highest BCUT2D eigenvalue weighted by atomic mass is 127. The number of rotatable bonds is 4. The molecule has 142 valence electrons. The van der Waals surface area contributed by atoms with Gasteiger partial charge in [0, 0.05) is 32.7 Å². The molecule has 1 aromatic carbocycles. The molecule has 1 aromatic rings. The standard InChI is InChI=1S/C20H33N3O.HI/c1-15-8-6-9-16(12-15)13-22-19(21-5)23-14-17-10-7-11-24-18(17)20(2,3)4;/h6,8-9,12,17-18H,7,10-11,13-14H2,1-5H3,(H2,21,22,23);1H. The molecule has 0 saturated carbocycles. The molecular formula is C20H34IN3O. The predicted molar refractivity (Wildman–Crippen MR) is 117 cm³/mol. The van der Waals surface area contributed by atoms with Crippen LogP contribution in [0.2, 0.25) is 0 Å². The Kier molecular flexibility index (Phi) is 9.21. The Morgan fingerprint density at radius 1 is 1.28 bits per heavy atom. The average molecular weight is 459 g/mol. The van der Waals surface area contributed by atoms with Crippen molar-refractivity contribution in [3.05, 3.63) is 35.4 Å². The smallest absolute Gasteiger partial charge is 0.191 e. The van der Waals surface area contributed by atoms with Gasteiger partial charge in [-0.25, -0.2) is 0 Å². The maximum atomic E-state index is 6.06. The molecular weight excluding hydrogens is 425 g/mol. The summed E-state index contributed by atoms with van der Waals surface area (Å²) in [4.78, 5) is 4.35. The lowest BCUT2D eigenvalue weighted by atomic mass is 9.78. The van der Waals surface area contributed by atoms with E-state index in [1.54, 1.807) is 0 Å². The van der Waals surface area contributed by atoms with Crippen LogP contribution in [0.4, 0.5) is 0 Å². The summed E-state index contributed by atoms with van der Waals surface area (Å²) in [5.41, 5.74) is 2.72. The maximum absolute atomic E-state index is 6.06. The third-order valence-corrected chi connectivity index (χ3v) is 4.60. The fraction of sp³-hybridized carbons (Fsp3) is 0.650. The number of nitrogens with one attached hydrogen (secondary N) is 2. The van der Waals surface area contributed by atoms with E-state index in [1.165, 1.54) is 17.5 Å². The van der Waals surface area contributed by atoms with Gasteiger partial charge in [-0.3, -0.25) is 4.99 Å². The molecule has 25 heavy (non-hydrogen) atoms. The third kappa shape index (κ3) is 7.13. The van der Waals surface area contributed by atoms with Gasteiger partial charge in [-0.15, -0.1) is 24.0 Å². The van der Waals surface area contributed by atoms with Gasteiger partial charge in [-0.1, -0.05) is 50.6 Å². The second-order valence-corrected chi connectivity index (χ2v) is 7.86. The van der Waals surface area contributed by atoms with Gasteiger partial charge in [0.05, 0.1) is 6.10 Å². The first-order valence-corrected chi connectivity index (χ1v) is 9.02. The lowest BCUT2D eigenvalue weighted by Crippen LogP contribution is -2.47. The van der Waals surface area contributed by atoms with Gasteiger partial charge in [-0.2, -0.15) is 0 Å². The Morgan fingerprint density at radius 2 is 2.04 bits per heavy atom. The minimum absolute atomic E-state index is 0. The second kappa shape index (κ2) is 10.4. The van der Waals surface area contributed by atoms with Gasteiger partial charge < -0.3 is 15.4 Å². The number of hydrogen-bond acceptors (Lipinski definition) is 2. The highest BCUT2D eigenvalue weighted by molar-refractivity contribution is 14.0. The first-order valence-electron chi connectivity index (χ1n) is 9.02. The van der Waals surface area contributed by atoms with Crippen molar-refractivity contribution in [1.82, 2.24) is 10.6 Å². The van der Waals surface area contributed by atoms with Crippen molar-refractivity contribution >= 4 is 29.9 Å². The zero-order valence-corrected chi connectivity index (χ0v) is 18.6. The number of nitrogens with zero attached hydrogens (tertiary/aromatic N) is 1. The first kappa shape index (κ1) is 22.2. The Morgan fingerprint density at radius 3 is 2.68 bits per heavy atom. The predicted octanol–water partition coefficient (Wildman–Crippen LogP) is 4.12. The number of hydrogen-bond donors (Lipinski definition) is 2. The van der Waals surface area contributed by atoms with Gasteiger partial charge >= 0.3 is 0 Å². The van der Waals surface area contributed by atoms with E-state index in [-0.39, 0.29) is 29.4 Å². The number of benzene rings is 1. The van der Waals surface area contributed by atoms with Crippen LogP contribution in [0.15, 0.2) is 29.3 Å². The summed E-state index contributed by atoms with van der Waals surface area (Å²) >= 11 is 0. The summed E-state index contributed by atoms with van der Waals surface area (Å²) in [6.07, 6.45) is 2.66. The van der Waals surface area contributed by atoms with Gasteiger partial charge in [-0.05, 0) is 30.7 Å². The summed E-state index contributed by atoms with van der Waals surface area (Å²) in [6, 6.07) is 8.55. The third-order valence-electron chi connectivity index (χ3n) is 4.60. The highest BCUT2D eigenvalue weighted by Crippen LogP contribution is 2.33. The molecule has 2 N–H and O–H groups in total. The minimum Gasteiger partial charge on any atom is -0.377 e. The van der Waals surface area contributed by atoms with E-state index in [1.807, 2.05) is 7.05 Å². The van der Waals surface area contributed by atoms with Crippen LogP contribution >= 0.6 is 24.0 Å². The molecule has 0 spiro atoms. The molecule has 0 aromatic heterocycles. The lowest BCUT2D eigenvalue weighted by molar-refractivity contribution is -0.0835. The number of halogens is 1. The fourth-order valence-corrected chi connectivity index (χ4v) is 3.47. The Hall–Kier alpha value is -0.820. The molecule has 1 aliphatic rings. The van der Waals surface area contributed by atoms with Crippen LogP contribution in [-0.4, -0.2) is 32.3 Å². The SMILES string of the molecule is CN=C(NCc1cccc(C)c1)NCC1CCCOC1C(C)(C)C.I. The summed E-state index contributed by atoms with van der Waals surface area (Å²) < 4.78 is 6.06. The molecule has 4 nitrogen and oxygen atoms in total. The van der Waals surface area contributed by atoms with Crippen molar-refractivity contribution in [2.24, 2.45) is 16.3 Å². The molecule has 1 aliphatic heterocycles. The Bertz CT molecular complexity index is 554. The topological polar surface area (TPSA) is 45.7 Å². The van der Waals surface area contributed by atoms with Crippen LogP contribution in [0.5, 0.6) is 0 Å². The maximum Gasteiger partial charge on any atom is 0.191 e. The second-order valence-electron chi connectivity index (χ2n) is 7.86. The van der Waals surface area contributed by atoms with Crippen molar-refractivity contribution in [3.63, 3.8) is 0 Å². The van der Waals surface area contributed by atoms with Gasteiger partial charge in [0.2, 0.25) is 0 Å². The molecule has 1 heterocycles. The first-order chi connectivity index (χ1) is 11.4. The number of aliphatic imine (C=N–C) groups is 1. The number of ether oxygens (including phenoxy) is 1.